The maximum atomic E-state index is 12.0. The Bertz CT molecular complexity index is 542. The number of nitrogens with one attached hydrogen (secondary N) is 2. The second-order valence-corrected chi connectivity index (χ2v) is 4.48. The van der Waals surface area contributed by atoms with E-state index in [-0.39, 0.29) is 5.91 Å². The number of H-pyrrole nitrogens is 1. The number of amides is 1. The first-order valence-electron chi connectivity index (χ1n) is 5.94. The summed E-state index contributed by atoms with van der Waals surface area (Å²) < 4.78 is 0. The number of carbonyl (C=O) groups excluding carboxylic acids is 1. The van der Waals surface area contributed by atoms with E-state index >= 15 is 0 Å². The average molecular weight is 230 g/mol. The summed E-state index contributed by atoms with van der Waals surface area (Å²) in [4.78, 5) is 12.0. The predicted molar refractivity (Wildman–Crippen MR) is 63.6 cm³/mol. The van der Waals surface area contributed by atoms with Crippen LogP contribution in [0, 0.1) is 0 Å². The van der Waals surface area contributed by atoms with E-state index < -0.39 is 0 Å². The standard InChI is InChI=1S/C12H14N4O/c17-12(13-9-3-1-2-4-9)8-5-6-10-11(7-8)15-16-14-10/h5-7,9H,1-4H2,(H,13,17)(H,14,15,16). The summed E-state index contributed by atoms with van der Waals surface area (Å²) in [6, 6.07) is 5.70. The number of rotatable bonds is 2. The van der Waals surface area contributed by atoms with Gasteiger partial charge >= 0.3 is 0 Å². The Hall–Kier alpha value is -1.91. The van der Waals surface area contributed by atoms with E-state index in [9.17, 15) is 4.79 Å². The summed E-state index contributed by atoms with van der Waals surface area (Å²) in [5.41, 5.74) is 2.16. The molecule has 1 aliphatic rings. The number of nitrogens with zero attached hydrogens (tertiary/aromatic N) is 2. The molecular formula is C12H14N4O. The second-order valence-electron chi connectivity index (χ2n) is 4.48. The Balaban J connectivity index is 1.79. The third-order valence-electron chi connectivity index (χ3n) is 3.27. The van der Waals surface area contributed by atoms with Crippen molar-refractivity contribution >= 4 is 16.9 Å². The molecule has 5 nitrogen and oxygen atoms in total. The van der Waals surface area contributed by atoms with Gasteiger partial charge in [0.15, 0.2) is 0 Å². The Morgan fingerprint density at radius 3 is 2.82 bits per heavy atom. The molecule has 0 unspecified atom stereocenters. The molecule has 1 aromatic carbocycles. The minimum Gasteiger partial charge on any atom is -0.349 e. The number of benzene rings is 1. The number of hydrogen-bond acceptors (Lipinski definition) is 3. The van der Waals surface area contributed by atoms with Crippen molar-refractivity contribution in [3.8, 4) is 0 Å². The molecule has 17 heavy (non-hydrogen) atoms. The molecule has 0 radical (unpaired) electrons. The molecule has 1 aliphatic carbocycles. The van der Waals surface area contributed by atoms with E-state index in [0.717, 1.165) is 23.9 Å². The van der Waals surface area contributed by atoms with Gasteiger partial charge in [-0.1, -0.05) is 12.8 Å². The van der Waals surface area contributed by atoms with E-state index in [2.05, 4.69) is 20.7 Å². The van der Waals surface area contributed by atoms with Crippen molar-refractivity contribution in [1.82, 2.24) is 20.7 Å². The van der Waals surface area contributed by atoms with E-state index in [1.807, 2.05) is 6.07 Å². The maximum absolute atomic E-state index is 12.0. The van der Waals surface area contributed by atoms with E-state index in [4.69, 9.17) is 0 Å². The first-order chi connectivity index (χ1) is 8.33. The Kier molecular flexibility index (Phi) is 2.51. The van der Waals surface area contributed by atoms with Gasteiger partial charge in [-0.15, -0.1) is 0 Å². The third kappa shape index (κ3) is 2.00. The van der Waals surface area contributed by atoms with Crippen LogP contribution in [0.3, 0.4) is 0 Å². The lowest BCUT2D eigenvalue weighted by atomic mass is 10.1. The Labute approximate surface area is 98.6 Å². The highest BCUT2D eigenvalue weighted by atomic mass is 16.1. The van der Waals surface area contributed by atoms with Crippen molar-refractivity contribution in [2.75, 3.05) is 0 Å². The van der Waals surface area contributed by atoms with Crippen LogP contribution in [0.25, 0.3) is 11.0 Å². The normalized spacial score (nSPS) is 16.5. The number of aromatic nitrogens is 3. The van der Waals surface area contributed by atoms with Crippen molar-refractivity contribution in [2.45, 2.75) is 31.7 Å². The molecule has 0 atom stereocenters. The number of carbonyl (C=O) groups is 1. The van der Waals surface area contributed by atoms with Crippen LogP contribution in [0.2, 0.25) is 0 Å². The third-order valence-corrected chi connectivity index (χ3v) is 3.27. The first kappa shape index (κ1) is 10.3. The molecule has 0 bridgehead atoms. The molecule has 0 spiro atoms. The zero-order chi connectivity index (χ0) is 11.7. The van der Waals surface area contributed by atoms with E-state index in [1.165, 1.54) is 12.8 Å². The van der Waals surface area contributed by atoms with Crippen molar-refractivity contribution in [3.05, 3.63) is 23.8 Å². The molecule has 2 aromatic rings. The number of aromatic amines is 1. The second kappa shape index (κ2) is 4.16. The largest absolute Gasteiger partial charge is 0.349 e. The molecule has 5 heteroatoms. The summed E-state index contributed by atoms with van der Waals surface area (Å²) in [5.74, 6) is -0.0122. The molecule has 2 N–H and O–H groups in total. The molecule has 1 heterocycles. The van der Waals surface area contributed by atoms with Crippen LogP contribution in [-0.2, 0) is 0 Å². The summed E-state index contributed by atoms with van der Waals surface area (Å²) in [6.45, 7) is 0. The van der Waals surface area contributed by atoms with Crippen LogP contribution in [0.15, 0.2) is 18.2 Å². The van der Waals surface area contributed by atoms with Crippen molar-refractivity contribution in [3.63, 3.8) is 0 Å². The lowest BCUT2D eigenvalue weighted by Gasteiger charge is -2.11. The highest BCUT2D eigenvalue weighted by Crippen LogP contribution is 2.18. The van der Waals surface area contributed by atoms with Gasteiger partial charge in [0.25, 0.3) is 5.91 Å². The van der Waals surface area contributed by atoms with Gasteiger partial charge in [0.05, 0.1) is 0 Å². The molecule has 1 aromatic heterocycles. The molecule has 1 amide bonds. The molecule has 88 valence electrons. The molecule has 1 saturated carbocycles. The van der Waals surface area contributed by atoms with Gasteiger partial charge in [-0.3, -0.25) is 4.79 Å². The number of hydrogen-bond donors (Lipinski definition) is 2. The Morgan fingerprint density at radius 1 is 1.24 bits per heavy atom. The van der Waals surface area contributed by atoms with Crippen LogP contribution in [-0.4, -0.2) is 27.4 Å². The van der Waals surface area contributed by atoms with Crippen LogP contribution in [0.5, 0.6) is 0 Å². The molecule has 0 saturated heterocycles. The van der Waals surface area contributed by atoms with E-state index in [0.29, 0.717) is 11.6 Å². The summed E-state index contributed by atoms with van der Waals surface area (Å²) >= 11 is 0. The summed E-state index contributed by atoms with van der Waals surface area (Å²) in [6.07, 6.45) is 4.62. The highest BCUT2D eigenvalue weighted by molar-refractivity contribution is 5.97. The fourth-order valence-electron chi connectivity index (χ4n) is 2.32. The van der Waals surface area contributed by atoms with Crippen molar-refractivity contribution < 1.29 is 4.79 Å². The monoisotopic (exact) mass is 230 g/mol. The highest BCUT2D eigenvalue weighted by Gasteiger charge is 2.18. The lowest BCUT2D eigenvalue weighted by molar-refractivity contribution is 0.0938. The topological polar surface area (TPSA) is 70.7 Å². The lowest BCUT2D eigenvalue weighted by Crippen LogP contribution is -2.32. The summed E-state index contributed by atoms with van der Waals surface area (Å²) in [5, 5.41) is 13.5. The van der Waals surface area contributed by atoms with Gasteiger partial charge in [-0.25, -0.2) is 0 Å². The minimum absolute atomic E-state index is 0.0122. The molecule has 3 rings (SSSR count). The van der Waals surface area contributed by atoms with E-state index in [1.54, 1.807) is 12.1 Å². The molecular weight excluding hydrogens is 216 g/mol. The molecule has 1 fully saturated rings. The van der Waals surface area contributed by atoms with Crippen LogP contribution in [0.1, 0.15) is 36.0 Å². The quantitative estimate of drug-likeness (QED) is 0.823. The first-order valence-corrected chi connectivity index (χ1v) is 5.94. The maximum Gasteiger partial charge on any atom is 0.251 e. The van der Waals surface area contributed by atoms with Crippen LogP contribution >= 0.6 is 0 Å². The minimum atomic E-state index is -0.0122. The van der Waals surface area contributed by atoms with Gasteiger partial charge < -0.3 is 5.32 Å². The predicted octanol–water partition coefficient (Wildman–Crippen LogP) is 1.63. The summed E-state index contributed by atoms with van der Waals surface area (Å²) in [7, 11) is 0. The van der Waals surface area contributed by atoms with Crippen molar-refractivity contribution in [1.29, 1.82) is 0 Å². The smallest absolute Gasteiger partial charge is 0.251 e. The Morgan fingerprint density at radius 2 is 2.00 bits per heavy atom. The fourth-order valence-corrected chi connectivity index (χ4v) is 2.32. The zero-order valence-electron chi connectivity index (χ0n) is 9.44. The van der Waals surface area contributed by atoms with Crippen LogP contribution < -0.4 is 5.32 Å². The van der Waals surface area contributed by atoms with Crippen molar-refractivity contribution in [2.24, 2.45) is 0 Å². The van der Waals surface area contributed by atoms with Gasteiger partial charge in [0, 0.05) is 11.6 Å². The van der Waals surface area contributed by atoms with Gasteiger partial charge in [-0.05, 0) is 31.0 Å². The number of fused-ring (bicyclic) bond motifs is 1. The average Bonchev–Trinajstić information content (AvgIpc) is 2.97. The van der Waals surface area contributed by atoms with Gasteiger partial charge in [0.2, 0.25) is 0 Å². The van der Waals surface area contributed by atoms with Gasteiger partial charge in [0.1, 0.15) is 11.0 Å². The van der Waals surface area contributed by atoms with Gasteiger partial charge in [-0.2, -0.15) is 15.4 Å². The fraction of sp³-hybridized carbons (Fsp3) is 0.417. The molecule has 0 aliphatic heterocycles. The zero-order valence-corrected chi connectivity index (χ0v) is 9.44. The SMILES string of the molecule is O=C(NC1CCCC1)c1ccc2n[nH]nc2c1. The van der Waals surface area contributed by atoms with Crippen LogP contribution in [0.4, 0.5) is 0 Å².